The monoisotopic (exact) mass is 547 g/mol. The summed E-state index contributed by atoms with van der Waals surface area (Å²) in [7, 11) is 0. The van der Waals surface area contributed by atoms with Crippen molar-refractivity contribution in [1.82, 2.24) is 15.1 Å². The molecule has 0 aliphatic carbocycles. The maximum absolute atomic E-state index is 13.6. The van der Waals surface area contributed by atoms with Crippen LogP contribution in [0.3, 0.4) is 0 Å². The van der Waals surface area contributed by atoms with Crippen LogP contribution in [-0.2, 0) is 17.8 Å². The van der Waals surface area contributed by atoms with E-state index in [1.54, 1.807) is 0 Å². The number of piperidine rings is 1. The van der Waals surface area contributed by atoms with E-state index in [1.807, 2.05) is 42.2 Å². The molecule has 3 aliphatic heterocycles. The molecule has 0 aromatic heterocycles. The van der Waals surface area contributed by atoms with Gasteiger partial charge in [-0.05, 0) is 94.8 Å². The summed E-state index contributed by atoms with van der Waals surface area (Å²) in [6, 6.07) is 14.1. The minimum atomic E-state index is -0.419. The van der Waals surface area contributed by atoms with Crippen LogP contribution in [0.4, 0.5) is 0 Å². The molecule has 2 aromatic carbocycles. The highest BCUT2D eigenvalue weighted by Gasteiger charge is 2.41. The first-order valence-electron chi connectivity index (χ1n) is 15.3. The fraction of sp³-hybridized carbons (Fsp3) is 0.576. The molecule has 1 spiro atoms. The van der Waals surface area contributed by atoms with E-state index < -0.39 is 5.41 Å². The third kappa shape index (κ3) is 6.80. The molecule has 3 aliphatic rings. The van der Waals surface area contributed by atoms with Crippen molar-refractivity contribution in [3.05, 3.63) is 59.2 Å². The molecular weight excluding hydrogens is 502 g/mol. The first kappa shape index (κ1) is 28.5. The normalized spacial score (nSPS) is 20.4. The van der Waals surface area contributed by atoms with E-state index in [1.165, 1.54) is 18.4 Å². The van der Waals surface area contributed by atoms with Crippen molar-refractivity contribution < 1.29 is 19.1 Å². The van der Waals surface area contributed by atoms with Crippen LogP contribution < -0.4 is 14.8 Å². The number of para-hydroxylation sites is 1. The van der Waals surface area contributed by atoms with Crippen molar-refractivity contribution >= 4 is 11.8 Å². The zero-order valence-electron chi connectivity index (χ0n) is 24.1. The van der Waals surface area contributed by atoms with Gasteiger partial charge in [-0.2, -0.15) is 0 Å². The molecule has 2 saturated heterocycles. The average molecular weight is 548 g/mol. The van der Waals surface area contributed by atoms with Gasteiger partial charge in [-0.25, -0.2) is 0 Å². The Bertz CT molecular complexity index is 1150. The van der Waals surface area contributed by atoms with Gasteiger partial charge in [0.1, 0.15) is 18.1 Å². The highest BCUT2D eigenvalue weighted by molar-refractivity contribution is 5.95. The van der Waals surface area contributed by atoms with Crippen molar-refractivity contribution in [2.45, 2.75) is 71.3 Å². The molecule has 3 heterocycles. The molecule has 5 rings (SSSR count). The summed E-state index contributed by atoms with van der Waals surface area (Å²) in [4.78, 5) is 31.5. The number of nitrogens with zero attached hydrogens (tertiary/aromatic N) is 2. The van der Waals surface area contributed by atoms with E-state index in [0.29, 0.717) is 51.3 Å². The van der Waals surface area contributed by atoms with E-state index in [4.69, 9.17) is 9.47 Å². The lowest BCUT2D eigenvalue weighted by Crippen LogP contribution is -2.50. The highest BCUT2D eigenvalue weighted by atomic mass is 16.5. The molecular formula is C33H45N3O4. The summed E-state index contributed by atoms with van der Waals surface area (Å²) in [6.45, 7) is 7.76. The van der Waals surface area contributed by atoms with Gasteiger partial charge in [0.2, 0.25) is 5.91 Å². The Labute approximate surface area is 239 Å². The Balaban J connectivity index is 1.23. The van der Waals surface area contributed by atoms with Gasteiger partial charge in [-0.15, -0.1) is 0 Å². The third-order valence-electron chi connectivity index (χ3n) is 8.91. The zero-order valence-corrected chi connectivity index (χ0v) is 24.1. The average Bonchev–Trinajstić information content (AvgIpc) is 3.49. The predicted molar refractivity (Wildman–Crippen MR) is 157 cm³/mol. The molecule has 0 radical (unpaired) electrons. The Kier molecular flexibility index (Phi) is 9.63. The lowest BCUT2D eigenvalue weighted by atomic mass is 9.73. The van der Waals surface area contributed by atoms with Gasteiger partial charge in [-0.1, -0.05) is 31.0 Å². The number of amides is 2. The number of ether oxygens (including phenoxy) is 2. The van der Waals surface area contributed by atoms with Gasteiger partial charge >= 0.3 is 0 Å². The molecule has 0 saturated carbocycles. The topological polar surface area (TPSA) is 71.1 Å². The second-order valence-electron chi connectivity index (χ2n) is 11.6. The number of nitrogens with one attached hydrogen (secondary N) is 1. The summed E-state index contributed by atoms with van der Waals surface area (Å²) >= 11 is 0. The van der Waals surface area contributed by atoms with Crippen LogP contribution in [-0.4, -0.2) is 67.6 Å². The maximum Gasteiger partial charge on any atom is 0.253 e. The number of benzene rings is 2. The SMILES string of the molecule is CCOc1ccc(C(=O)N2CCC3(CCCCCc4ccccc4OCCNC3=O)CC2)cc1CN1CCCC1. The van der Waals surface area contributed by atoms with Crippen molar-refractivity contribution in [1.29, 1.82) is 0 Å². The number of fused-ring (bicyclic) bond motifs is 1. The Morgan fingerprint density at radius 3 is 2.58 bits per heavy atom. The summed E-state index contributed by atoms with van der Waals surface area (Å²) in [6.07, 6.45) is 8.90. The molecule has 216 valence electrons. The lowest BCUT2D eigenvalue weighted by molar-refractivity contribution is -0.134. The molecule has 7 heteroatoms. The third-order valence-corrected chi connectivity index (χ3v) is 8.91. The van der Waals surface area contributed by atoms with E-state index >= 15 is 0 Å². The second-order valence-corrected chi connectivity index (χ2v) is 11.6. The van der Waals surface area contributed by atoms with Crippen molar-refractivity contribution in [3.8, 4) is 11.5 Å². The minimum Gasteiger partial charge on any atom is -0.494 e. The van der Waals surface area contributed by atoms with Gasteiger partial charge < -0.3 is 19.7 Å². The van der Waals surface area contributed by atoms with Crippen LogP contribution >= 0.6 is 0 Å². The van der Waals surface area contributed by atoms with Gasteiger partial charge in [-0.3, -0.25) is 14.5 Å². The van der Waals surface area contributed by atoms with Crippen LogP contribution in [0.2, 0.25) is 0 Å². The van der Waals surface area contributed by atoms with Crippen LogP contribution in [0.25, 0.3) is 0 Å². The number of hydrogen-bond donors (Lipinski definition) is 1. The summed E-state index contributed by atoms with van der Waals surface area (Å²) < 4.78 is 11.9. The van der Waals surface area contributed by atoms with Crippen LogP contribution in [0.1, 0.15) is 79.8 Å². The van der Waals surface area contributed by atoms with Gasteiger partial charge in [0.15, 0.2) is 0 Å². The number of carbonyl (C=O) groups is 2. The van der Waals surface area contributed by atoms with E-state index in [9.17, 15) is 9.59 Å². The molecule has 2 fully saturated rings. The maximum atomic E-state index is 13.6. The largest absolute Gasteiger partial charge is 0.494 e. The molecule has 1 N–H and O–H groups in total. The highest BCUT2D eigenvalue weighted by Crippen LogP contribution is 2.38. The Hall–Kier alpha value is -3.06. The van der Waals surface area contributed by atoms with Gasteiger partial charge in [0.25, 0.3) is 5.91 Å². The fourth-order valence-electron chi connectivity index (χ4n) is 6.54. The number of rotatable bonds is 5. The summed E-state index contributed by atoms with van der Waals surface area (Å²) in [5.41, 5.74) is 2.62. The van der Waals surface area contributed by atoms with Crippen molar-refractivity contribution in [2.75, 3.05) is 45.9 Å². The van der Waals surface area contributed by atoms with E-state index in [2.05, 4.69) is 22.3 Å². The standard InChI is InChI=1S/C33H45N3O4/c1-2-39-30-14-13-27(24-28(30)25-35-19-8-9-20-35)31(37)36-21-16-33(17-22-36)15-7-3-4-10-26-11-5-6-12-29(26)40-23-18-34-32(33)38/h5-6,11-14,24H,2-4,7-10,15-23,25H2,1H3,(H,34,38). The Morgan fingerprint density at radius 1 is 0.975 bits per heavy atom. The quantitative estimate of drug-likeness (QED) is 0.556. The second kappa shape index (κ2) is 13.5. The van der Waals surface area contributed by atoms with Gasteiger partial charge in [0.05, 0.1) is 18.6 Å². The Morgan fingerprint density at radius 2 is 1.77 bits per heavy atom. The van der Waals surface area contributed by atoms with Crippen LogP contribution in [0.15, 0.2) is 42.5 Å². The summed E-state index contributed by atoms with van der Waals surface area (Å²) in [5, 5.41) is 3.16. The molecule has 0 atom stereocenters. The number of aryl methyl sites for hydroxylation is 1. The fourth-order valence-corrected chi connectivity index (χ4v) is 6.54. The number of hydrogen-bond acceptors (Lipinski definition) is 5. The predicted octanol–water partition coefficient (Wildman–Crippen LogP) is 5.22. The smallest absolute Gasteiger partial charge is 0.253 e. The zero-order chi connectivity index (χ0) is 27.8. The van der Waals surface area contributed by atoms with Crippen LogP contribution in [0.5, 0.6) is 11.5 Å². The van der Waals surface area contributed by atoms with E-state index in [-0.39, 0.29) is 11.8 Å². The molecule has 2 amide bonds. The minimum absolute atomic E-state index is 0.0526. The first-order chi connectivity index (χ1) is 19.6. The van der Waals surface area contributed by atoms with Crippen molar-refractivity contribution in [3.63, 3.8) is 0 Å². The van der Waals surface area contributed by atoms with Crippen molar-refractivity contribution in [2.24, 2.45) is 5.41 Å². The molecule has 2 aromatic rings. The molecule has 7 nitrogen and oxygen atoms in total. The number of carbonyl (C=O) groups excluding carboxylic acids is 2. The lowest BCUT2D eigenvalue weighted by Gasteiger charge is -2.41. The molecule has 40 heavy (non-hydrogen) atoms. The van der Waals surface area contributed by atoms with E-state index in [0.717, 1.165) is 68.8 Å². The molecule has 0 bridgehead atoms. The van der Waals surface area contributed by atoms with Crippen LogP contribution in [0, 0.1) is 5.41 Å². The summed E-state index contributed by atoms with van der Waals surface area (Å²) in [5.74, 6) is 1.97. The van der Waals surface area contributed by atoms with Gasteiger partial charge in [0, 0.05) is 30.8 Å². The number of likely N-dealkylation sites (tertiary alicyclic amines) is 2. The first-order valence-corrected chi connectivity index (χ1v) is 15.3. The molecule has 0 unspecified atom stereocenters.